The molecule has 12 heteroatoms. The van der Waals surface area contributed by atoms with Crippen LogP contribution in [0, 0.1) is 0 Å². The Morgan fingerprint density at radius 3 is 2.56 bits per heavy atom. The highest BCUT2D eigenvalue weighted by Gasteiger charge is 2.37. The molecule has 0 saturated carbocycles. The van der Waals surface area contributed by atoms with E-state index in [1.165, 1.54) is 22.5 Å². The molecule has 170 valence electrons. The summed E-state index contributed by atoms with van der Waals surface area (Å²) in [5.41, 5.74) is -0.669. The molecule has 1 aromatic carbocycles. The number of aromatic nitrogens is 3. The molecule has 0 unspecified atom stereocenters. The molecule has 1 aliphatic heterocycles. The van der Waals surface area contributed by atoms with Gasteiger partial charge in [0.05, 0.1) is 17.0 Å². The third-order valence-corrected chi connectivity index (χ3v) is 7.25. The molecule has 3 heterocycles. The Balaban J connectivity index is 1.53. The van der Waals surface area contributed by atoms with Gasteiger partial charge in [-0.2, -0.15) is 17.5 Å². The van der Waals surface area contributed by atoms with E-state index in [1.807, 2.05) is 0 Å². The number of piperidine rings is 1. The van der Waals surface area contributed by atoms with Crippen molar-refractivity contribution < 1.29 is 26.4 Å². The molecule has 1 fully saturated rings. The van der Waals surface area contributed by atoms with Crippen molar-refractivity contribution in [1.82, 2.24) is 24.2 Å². The lowest BCUT2D eigenvalue weighted by atomic mass is 10.0. The van der Waals surface area contributed by atoms with Gasteiger partial charge in [0, 0.05) is 12.7 Å². The van der Waals surface area contributed by atoms with Crippen LogP contribution in [0.3, 0.4) is 0 Å². The zero-order chi connectivity index (χ0) is 22.9. The lowest BCUT2D eigenvalue weighted by molar-refractivity contribution is -0.137. The van der Waals surface area contributed by atoms with Crippen molar-refractivity contribution >= 4 is 21.6 Å². The Morgan fingerprint density at radius 2 is 1.84 bits per heavy atom. The molecule has 1 saturated heterocycles. The number of amides is 1. The number of nitrogens with one attached hydrogen (secondary N) is 1. The monoisotopic (exact) mass is 467 g/mol. The number of pyridine rings is 1. The second-order valence-electron chi connectivity index (χ2n) is 7.42. The Labute approximate surface area is 182 Å². The van der Waals surface area contributed by atoms with Crippen molar-refractivity contribution in [2.24, 2.45) is 0 Å². The van der Waals surface area contributed by atoms with Crippen LogP contribution in [0.2, 0.25) is 0 Å². The average molecular weight is 467 g/mol. The molecular weight excluding hydrogens is 447 g/mol. The van der Waals surface area contributed by atoms with Crippen LogP contribution in [-0.4, -0.2) is 45.8 Å². The first kappa shape index (κ1) is 22.2. The summed E-state index contributed by atoms with van der Waals surface area (Å²) >= 11 is 0. The van der Waals surface area contributed by atoms with E-state index in [1.54, 1.807) is 18.2 Å². The molecule has 32 heavy (non-hydrogen) atoms. The molecule has 1 N–H and O–H groups in total. The van der Waals surface area contributed by atoms with E-state index in [2.05, 4.69) is 15.5 Å². The highest BCUT2D eigenvalue weighted by atomic mass is 32.2. The van der Waals surface area contributed by atoms with E-state index in [-0.39, 0.29) is 29.5 Å². The summed E-state index contributed by atoms with van der Waals surface area (Å²) in [4.78, 5) is 13.0. The summed E-state index contributed by atoms with van der Waals surface area (Å²) in [6.07, 6.45) is -2.01. The second-order valence-corrected chi connectivity index (χ2v) is 9.31. The fourth-order valence-corrected chi connectivity index (χ4v) is 5.37. The first-order chi connectivity index (χ1) is 15.2. The number of halogens is 3. The molecular formula is C20H20F3N5O3S. The molecule has 0 aliphatic carbocycles. The van der Waals surface area contributed by atoms with Crippen molar-refractivity contribution in [2.75, 3.05) is 6.54 Å². The molecule has 0 spiro atoms. The smallest absolute Gasteiger partial charge is 0.347 e. The molecule has 0 bridgehead atoms. The predicted octanol–water partition coefficient (Wildman–Crippen LogP) is 2.61. The SMILES string of the molecule is O=C(NCc1nnc2ccc(C(F)(F)F)cn12)[C@@H]1CCCCN1S(=O)(=O)c1ccccc1. The topological polar surface area (TPSA) is 96.7 Å². The van der Waals surface area contributed by atoms with Gasteiger partial charge in [-0.1, -0.05) is 24.6 Å². The van der Waals surface area contributed by atoms with Crippen molar-refractivity contribution in [2.45, 2.75) is 42.9 Å². The van der Waals surface area contributed by atoms with Gasteiger partial charge in [-0.05, 0) is 37.1 Å². The van der Waals surface area contributed by atoms with Crippen LogP contribution in [-0.2, 0) is 27.5 Å². The minimum atomic E-state index is -4.53. The summed E-state index contributed by atoms with van der Waals surface area (Å²) in [6, 6.07) is 9.04. The number of fused-ring (bicyclic) bond motifs is 1. The Kier molecular flexibility index (Phi) is 5.91. The Morgan fingerprint density at radius 1 is 1.09 bits per heavy atom. The van der Waals surface area contributed by atoms with E-state index < -0.39 is 33.7 Å². The molecule has 1 atom stereocenters. The molecule has 3 aromatic rings. The van der Waals surface area contributed by atoms with E-state index in [0.29, 0.717) is 19.3 Å². The van der Waals surface area contributed by atoms with Crippen LogP contribution >= 0.6 is 0 Å². The number of nitrogens with zero attached hydrogens (tertiary/aromatic N) is 4. The zero-order valence-electron chi connectivity index (χ0n) is 16.8. The highest BCUT2D eigenvalue weighted by molar-refractivity contribution is 7.89. The van der Waals surface area contributed by atoms with Gasteiger partial charge in [0.25, 0.3) is 0 Å². The molecule has 0 radical (unpaired) electrons. The van der Waals surface area contributed by atoms with Gasteiger partial charge in [0.2, 0.25) is 15.9 Å². The van der Waals surface area contributed by atoms with Gasteiger partial charge in [-0.25, -0.2) is 8.42 Å². The van der Waals surface area contributed by atoms with E-state index >= 15 is 0 Å². The fourth-order valence-electron chi connectivity index (χ4n) is 3.69. The van der Waals surface area contributed by atoms with Gasteiger partial charge < -0.3 is 5.32 Å². The fraction of sp³-hybridized carbons (Fsp3) is 0.350. The minimum Gasteiger partial charge on any atom is -0.347 e. The van der Waals surface area contributed by atoms with Crippen molar-refractivity contribution in [3.8, 4) is 0 Å². The first-order valence-electron chi connectivity index (χ1n) is 9.93. The van der Waals surface area contributed by atoms with Gasteiger partial charge >= 0.3 is 6.18 Å². The molecule has 2 aromatic heterocycles. The van der Waals surface area contributed by atoms with Crippen LogP contribution in [0.15, 0.2) is 53.6 Å². The van der Waals surface area contributed by atoms with Crippen LogP contribution in [0.4, 0.5) is 13.2 Å². The third kappa shape index (κ3) is 4.32. The van der Waals surface area contributed by atoms with Gasteiger partial charge in [-0.3, -0.25) is 9.20 Å². The van der Waals surface area contributed by atoms with E-state index in [0.717, 1.165) is 16.7 Å². The predicted molar refractivity (Wildman–Crippen MR) is 108 cm³/mol. The summed E-state index contributed by atoms with van der Waals surface area (Å²) in [5, 5.41) is 10.3. The van der Waals surface area contributed by atoms with E-state index in [4.69, 9.17) is 0 Å². The number of hydrogen-bond donors (Lipinski definition) is 1. The zero-order valence-corrected chi connectivity index (χ0v) is 17.6. The maximum absolute atomic E-state index is 13.1. The van der Waals surface area contributed by atoms with Crippen LogP contribution < -0.4 is 5.32 Å². The summed E-state index contributed by atoms with van der Waals surface area (Å²) in [7, 11) is -3.87. The van der Waals surface area contributed by atoms with Crippen molar-refractivity contribution in [3.05, 3.63) is 60.0 Å². The third-order valence-electron chi connectivity index (χ3n) is 5.33. The lowest BCUT2D eigenvalue weighted by Gasteiger charge is -2.33. The first-order valence-corrected chi connectivity index (χ1v) is 11.4. The number of benzene rings is 1. The van der Waals surface area contributed by atoms with Crippen LogP contribution in [0.1, 0.15) is 30.7 Å². The van der Waals surface area contributed by atoms with Gasteiger partial charge in [0.1, 0.15) is 6.04 Å². The number of rotatable bonds is 5. The van der Waals surface area contributed by atoms with Gasteiger partial charge in [0.15, 0.2) is 11.5 Å². The number of hydrogen-bond acceptors (Lipinski definition) is 5. The van der Waals surface area contributed by atoms with Crippen LogP contribution in [0.5, 0.6) is 0 Å². The van der Waals surface area contributed by atoms with E-state index in [9.17, 15) is 26.4 Å². The number of sulfonamides is 1. The normalized spacial score (nSPS) is 18.0. The number of alkyl halides is 3. The molecule has 8 nitrogen and oxygen atoms in total. The highest BCUT2D eigenvalue weighted by Crippen LogP contribution is 2.29. The largest absolute Gasteiger partial charge is 0.417 e. The maximum Gasteiger partial charge on any atom is 0.417 e. The second kappa shape index (κ2) is 8.51. The maximum atomic E-state index is 13.1. The van der Waals surface area contributed by atoms with Crippen molar-refractivity contribution in [1.29, 1.82) is 0 Å². The Hall–Kier alpha value is -2.99. The lowest BCUT2D eigenvalue weighted by Crippen LogP contribution is -2.51. The number of carbonyl (C=O) groups excluding carboxylic acids is 1. The van der Waals surface area contributed by atoms with Crippen molar-refractivity contribution in [3.63, 3.8) is 0 Å². The molecule has 1 aliphatic rings. The number of carbonyl (C=O) groups is 1. The summed E-state index contributed by atoms with van der Waals surface area (Å²) in [5.74, 6) is -0.430. The average Bonchev–Trinajstić information content (AvgIpc) is 3.20. The molecule has 1 amide bonds. The quantitative estimate of drug-likeness (QED) is 0.622. The summed E-state index contributed by atoms with van der Waals surface area (Å²) in [6.45, 7) is 0.00908. The van der Waals surface area contributed by atoms with Gasteiger partial charge in [-0.15, -0.1) is 10.2 Å². The van der Waals surface area contributed by atoms with Crippen LogP contribution in [0.25, 0.3) is 5.65 Å². The summed E-state index contributed by atoms with van der Waals surface area (Å²) < 4.78 is 67.5. The minimum absolute atomic E-state index is 0.0998. The standard InChI is InChI=1S/C20H20F3N5O3S/c21-20(22,23)14-9-10-17-25-26-18(27(17)13-14)12-24-19(29)16-8-4-5-11-28(16)32(30,31)15-6-2-1-3-7-15/h1-3,6-7,9-10,13,16H,4-5,8,11-12H2,(H,24,29)/t16-/m0/s1. The molecule has 4 rings (SSSR count). The Bertz CT molecular complexity index is 1230.